The number of amides is 1. The number of likely N-dealkylation sites (tertiary alicyclic amines) is 1. The predicted molar refractivity (Wildman–Crippen MR) is 95.5 cm³/mol. The predicted octanol–water partition coefficient (Wildman–Crippen LogP) is 2.05. The summed E-state index contributed by atoms with van der Waals surface area (Å²) in [4.78, 5) is 26.0. The summed E-state index contributed by atoms with van der Waals surface area (Å²) < 4.78 is 1.78. The van der Waals surface area contributed by atoms with Gasteiger partial charge >= 0.3 is 0 Å². The molecule has 2 aliphatic heterocycles. The molecule has 2 fully saturated rings. The number of fused-ring (bicyclic) bond motifs is 1. The molecule has 0 aliphatic carbocycles. The minimum absolute atomic E-state index is 0.0823. The number of nitrogens with zero attached hydrogens (tertiary/aromatic N) is 6. The number of carbonyl (C=O) groups excluding carboxylic acids is 1. The first kappa shape index (κ1) is 16.3. The van der Waals surface area contributed by atoms with E-state index in [0.717, 1.165) is 63.4 Å². The molecule has 1 atom stereocenters. The minimum atomic E-state index is 0.0823. The van der Waals surface area contributed by atoms with Gasteiger partial charge < -0.3 is 9.80 Å². The summed E-state index contributed by atoms with van der Waals surface area (Å²) in [7, 11) is 0. The van der Waals surface area contributed by atoms with E-state index in [0.29, 0.717) is 11.7 Å². The van der Waals surface area contributed by atoms with Crippen LogP contribution in [0.15, 0.2) is 12.4 Å². The van der Waals surface area contributed by atoms with Crippen LogP contribution in [0.2, 0.25) is 0 Å². The van der Waals surface area contributed by atoms with Crippen molar-refractivity contribution < 1.29 is 4.79 Å². The summed E-state index contributed by atoms with van der Waals surface area (Å²) in [6.45, 7) is 5.53. The first-order valence-corrected chi connectivity index (χ1v) is 9.43. The third-order valence-electron chi connectivity index (χ3n) is 5.37. The van der Waals surface area contributed by atoms with E-state index in [2.05, 4.69) is 24.9 Å². The molecule has 7 nitrogen and oxygen atoms in total. The molecule has 4 rings (SSSR count). The van der Waals surface area contributed by atoms with Crippen molar-refractivity contribution in [1.29, 1.82) is 0 Å². The fourth-order valence-corrected chi connectivity index (χ4v) is 4.07. The van der Waals surface area contributed by atoms with Gasteiger partial charge in [-0.05, 0) is 32.6 Å². The molecule has 2 aromatic heterocycles. The van der Waals surface area contributed by atoms with Gasteiger partial charge in [0.05, 0.1) is 5.92 Å². The van der Waals surface area contributed by atoms with E-state index in [1.54, 1.807) is 4.52 Å². The third kappa shape index (κ3) is 3.32. The van der Waals surface area contributed by atoms with Crippen molar-refractivity contribution >= 4 is 17.5 Å². The van der Waals surface area contributed by atoms with Crippen LogP contribution in [-0.2, 0) is 4.79 Å². The van der Waals surface area contributed by atoms with Crippen molar-refractivity contribution in [2.24, 2.45) is 5.92 Å². The molecule has 4 heterocycles. The SMILES string of the molecule is Cc1cc(N2CCCC(C(=O)N3CCCCCC3)C2)n2ncnc2n1. The molecule has 0 spiro atoms. The van der Waals surface area contributed by atoms with E-state index in [4.69, 9.17) is 0 Å². The summed E-state index contributed by atoms with van der Waals surface area (Å²) in [5, 5.41) is 4.31. The molecule has 0 bridgehead atoms. The Bertz CT molecular complexity index is 749. The van der Waals surface area contributed by atoms with Gasteiger partial charge in [0.25, 0.3) is 5.78 Å². The van der Waals surface area contributed by atoms with Crippen molar-refractivity contribution in [1.82, 2.24) is 24.5 Å². The molecule has 2 aromatic rings. The molecule has 7 heteroatoms. The molecule has 0 radical (unpaired) electrons. The number of hydrogen-bond acceptors (Lipinski definition) is 5. The molecule has 0 aromatic carbocycles. The quantitative estimate of drug-likeness (QED) is 0.836. The Morgan fingerprint density at radius 1 is 1.12 bits per heavy atom. The molecule has 1 unspecified atom stereocenters. The summed E-state index contributed by atoms with van der Waals surface area (Å²) in [5.41, 5.74) is 0.927. The molecular formula is C18H26N6O. The number of hydrogen-bond donors (Lipinski definition) is 0. The molecule has 2 aliphatic rings. The van der Waals surface area contributed by atoms with Crippen LogP contribution in [0.3, 0.4) is 0 Å². The highest BCUT2D eigenvalue weighted by Crippen LogP contribution is 2.26. The monoisotopic (exact) mass is 342 g/mol. The number of piperidine rings is 1. The lowest BCUT2D eigenvalue weighted by Gasteiger charge is -2.36. The first-order chi connectivity index (χ1) is 12.2. The maximum Gasteiger partial charge on any atom is 0.254 e. The van der Waals surface area contributed by atoms with Crippen molar-refractivity contribution in [2.75, 3.05) is 31.1 Å². The lowest BCUT2D eigenvalue weighted by atomic mass is 9.96. The van der Waals surface area contributed by atoms with Gasteiger partial charge in [-0.2, -0.15) is 14.6 Å². The van der Waals surface area contributed by atoms with E-state index < -0.39 is 0 Å². The number of aryl methyl sites for hydroxylation is 1. The van der Waals surface area contributed by atoms with E-state index in [1.165, 1.54) is 19.2 Å². The van der Waals surface area contributed by atoms with Crippen molar-refractivity contribution in [2.45, 2.75) is 45.4 Å². The van der Waals surface area contributed by atoms with E-state index in [1.807, 2.05) is 13.0 Å². The highest BCUT2D eigenvalue weighted by molar-refractivity contribution is 5.79. The lowest BCUT2D eigenvalue weighted by molar-refractivity contribution is -0.135. The second kappa shape index (κ2) is 6.98. The van der Waals surface area contributed by atoms with Crippen LogP contribution in [0, 0.1) is 12.8 Å². The summed E-state index contributed by atoms with van der Waals surface area (Å²) in [5.74, 6) is 2.04. The Morgan fingerprint density at radius 2 is 1.92 bits per heavy atom. The normalized spacial score (nSPS) is 22.2. The van der Waals surface area contributed by atoms with Crippen LogP contribution in [-0.4, -0.2) is 56.6 Å². The second-order valence-corrected chi connectivity index (χ2v) is 7.25. The number of carbonyl (C=O) groups is 1. The Balaban J connectivity index is 1.54. The Kier molecular flexibility index (Phi) is 4.55. The zero-order chi connectivity index (χ0) is 17.2. The molecule has 134 valence electrons. The molecule has 1 amide bonds. The average Bonchev–Trinajstić information content (AvgIpc) is 2.93. The van der Waals surface area contributed by atoms with Crippen LogP contribution in [0.5, 0.6) is 0 Å². The van der Waals surface area contributed by atoms with E-state index in [-0.39, 0.29) is 5.92 Å². The number of aromatic nitrogens is 4. The Hall–Kier alpha value is -2.18. The zero-order valence-electron chi connectivity index (χ0n) is 14.9. The number of rotatable bonds is 2. The second-order valence-electron chi connectivity index (χ2n) is 7.25. The van der Waals surface area contributed by atoms with Crippen LogP contribution in [0.4, 0.5) is 5.82 Å². The van der Waals surface area contributed by atoms with Crippen LogP contribution in [0.1, 0.15) is 44.2 Å². The standard InChI is InChI=1S/C18H26N6O/c1-14-11-16(24-18(21-14)19-13-20-24)23-10-6-7-15(12-23)17(25)22-8-4-2-3-5-9-22/h11,13,15H,2-10,12H2,1H3. The van der Waals surface area contributed by atoms with Crippen LogP contribution in [0.25, 0.3) is 5.78 Å². The highest BCUT2D eigenvalue weighted by Gasteiger charge is 2.30. The van der Waals surface area contributed by atoms with Gasteiger partial charge in [-0.3, -0.25) is 4.79 Å². The smallest absolute Gasteiger partial charge is 0.254 e. The molecule has 0 N–H and O–H groups in total. The van der Waals surface area contributed by atoms with E-state index >= 15 is 0 Å². The maximum atomic E-state index is 13.0. The van der Waals surface area contributed by atoms with Crippen molar-refractivity contribution in [3.8, 4) is 0 Å². The third-order valence-corrected chi connectivity index (χ3v) is 5.37. The molecular weight excluding hydrogens is 316 g/mol. The highest BCUT2D eigenvalue weighted by atomic mass is 16.2. The van der Waals surface area contributed by atoms with Crippen LogP contribution >= 0.6 is 0 Å². The summed E-state index contributed by atoms with van der Waals surface area (Å²) >= 11 is 0. The minimum Gasteiger partial charge on any atom is -0.356 e. The lowest BCUT2D eigenvalue weighted by Crippen LogP contribution is -2.45. The topological polar surface area (TPSA) is 66.6 Å². The van der Waals surface area contributed by atoms with Crippen molar-refractivity contribution in [3.05, 3.63) is 18.1 Å². The fraction of sp³-hybridized carbons (Fsp3) is 0.667. The number of anilines is 1. The van der Waals surface area contributed by atoms with Crippen molar-refractivity contribution in [3.63, 3.8) is 0 Å². The van der Waals surface area contributed by atoms with E-state index in [9.17, 15) is 4.79 Å². The molecule has 0 saturated carbocycles. The maximum absolute atomic E-state index is 13.0. The van der Waals surface area contributed by atoms with Gasteiger partial charge in [-0.1, -0.05) is 12.8 Å². The zero-order valence-corrected chi connectivity index (χ0v) is 14.9. The van der Waals surface area contributed by atoms with Crippen LogP contribution < -0.4 is 4.90 Å². The largest absolute Gasteiger partial charge is 0.356 e. The van der Waals surface area contributed by atoms with Gasteiger partial charge in [-0.15, -0.1) is 0 Å². The van der Waals surface area contributed by atoms with Gasteiger partial charge in [0, 0.05) is 37.9 Å². The Labute approximate surface area is 148 Å². The molecule has 25 heavy (non-hydrogen) atoms. The molecule has 2 saturated heterocycles. The fourth-order valence-electron chi connectivity index (χ4n) is 4.07. The Morgan fingerprint density at radius 3 is 2.72 bits per heavy atom. The average molecular weight is 342 g/mol. The first-order valence-electron chi connectivity index (χ1n) is 9.43. The summed E-state index contributed by atoms with van der Waals surface area (Å²) in [6.07, 6.45) is 8.34. The van der Waals surface area contributed by atoms with Gasteiger partial charge in [0.2, 0.25) is 5.91 Å². The van der Waals surface area contributed by atoms with Gasteiger partial charge in [-0.25, -0.2) is 4.98 Å². The summed E-state index contributed by atoms with van der Waals surface area (Å²) in [6, 6.07) is 2.04. The van der Waals surface area contributed by atoms with Gasteiger partial charge in [0.15, 0.2) is 0 Å². The van der Waals surface area contributed by atoms with Gasteiger partial charge in [0.1, 0.15) is 12.1 Å².